The Hall–Kier alpha value is -1.42. The number of halogens is 1. The third kappa shape index (κ3) is 3.79. The molecule has 1 fully saturated rings. The molecule has 110 valence electrons. The van der Waals surface area contributed by atoms with Crippen LogP contribution < -0.4 is 11.1 Å². The first-order chi connectivity index (χ1) is 9.53. The number of rotatable bonds is 6. The highest BCUT2D eigenvalue weighted by molar-refractivity contribution is 5.77. The van der Waals surface area contributed by atoms with Crippen LogP contribution in [0.2, 0.25) is 0 Å². The summed E-state index contributed by atoms with van der Waals surface area (Å²) >= 11 is 0. The van der Waals surface area contributed by atoms with Crippen molar-refractivity contribution in [1.82, 2.24) is 5.32 Å². The summed E-state index contributed by atoms with van der Waals surface area (Å²) in [6.07, 6.45) is 4.53. The zero-order chi connectivity index (χ0) is 14.6. The van der Waals surface area contributed by atoms with Gasteiger partial charge in [-0.3, -0.25) is 4.79 Å². The molecule has 1 aromatic carbocycles. The first-order valence-corrected chi connectivity index (χ1v) is 7.27. The Bertz CT molecular complexity index is 449. The maximum absolute atomic E-state index is 12.8. The molecule has 2 rings (SSSR count). The second-order valence-corrected chi connectivity index (χ2v) is 6.03. The number of hydrogen-bond donors (Lipinski definition) is 2. The zero-order valence-corrected chi connectivity index (χ0v) is 12.0. The smallest absolute Gasteiger partial charge is 0.220 e. The van der Waals surface area contributed by atoms with Crippen LogP contribution in [0.3, 0.4) is 0 Å². The average molecular weight is 278 g/mol. The van der Waals surface area contributed by atoms with E-state index in [2.05, 4.69) is 5.32 Å². The van der Waals surface area contributed by atoms with Gasteiger partial charge in [-0.05, 0) is 55.8 Å². The van der Waals surface area contributed by atoms with E-state index in [1.165, 1.54) is 18.6 Å². The van der Waals surface area contributed by atoms with E-state index in [1.807, 2.05) is 6.92 Å². The molecule has 1 aromatic rings. The molecule has 3 nitrogen and oxygen atoms in total. The summed E-state index contributed by atoms with van der Waals surface area (Å²) in [4.78, 5) is 12.0. The second kappa shape index (κ2) is 6.35. The first kappa shape index (κ1) is 15.0. The monoisotopic (exact) mass is 278 g/mol. The summed E-state index contributed by atoms with van der Waals surface area (Å²) in [6.45, 7) is 2.56. The van der Waals surface area contributed by atoms with Gasteiger partial charge in [0.1, 0.15) is 5.82 Å². The highest BCUT2D eigenvalue weighted by Crippen LogP contribution is 2.42. The molecule has 20 heavy (non-hydrogen) atoms. The topological polar surface area (TPSA) is 55.1 Å². The predicted molar refractivity (Wildman–Crippen MR) is 77.7 cm³/mol. The van der Waals surface area contributed by atoms with Gasteiger partial charge in [-0.2, -0.15) is 0 Å². The molecular weight excluding hydrogens is 255 g/mol. The van der Waals surface area contributed by atoms with Crippen LogP contribution in [0, 0.1) is 11.2 Å². The maximum atomic E-state index is 12.8. The fraction of sp³-hybridized carbons (Fsp3) is 0.562. The molecule has 1 aliphatic carbocycles. The van der Waals surface area contributed by atoms with Gasteiger partial charge in [0, 0.05) is 12.5 Å². The lowest BCUT2D eigenvalue weighted by molar-refractivity contribution is -0.125. The van der Waals surface area contributed by atoms with Crippen LogP contribution in [0.4, 0.5) is 4.39 Å². The number of nitrogens with two attached hydrogens (primary N) is 1. The van der Waals surface area contributed by atoms with Gasteiger partial charge >= 0.3 is 0 Å². The van der Waals surface area contributed by atoms with Crippen molar-refractivity contribution in [1.29, 1.82) is 0 Å². The molecule has 3 N–H and O–H groups in total. The lowest BCUT2D eigenvalue weighted by Crippen LogP contribution is -2.44. The van der Waals surface area contributed by atoms with E-state index in [0.29, 0.717) is 19.4 Å². The fourth-order valence-corrected chi connectivity index (χ4v) is 2.82. The number of carbonyl (C=O) groups is 1. The lowest BCUT2D eigenvalue weighted by Gasteiger charge is -2.40. The largest absolute Gasteiger partial charge is 0.353 e. The Morgan fingerprint density at radius 1 is 1.40 bits per heavy atom. The maximum Gasteiger partial charge on any atom is 0.220 e. The van der Waals surface area contributed by atoms with Crippen molar-refractivity contribution < 1.29 is 9.18 Å². The van der Waals surface area contributed by atoms with Crippen molar-refractivity contribution in [3.05, 3.63) is 35.6 Å². The molecule has 0 spiro atoms. The van der Waals surface area contributed by atoms with E-state index >= 15 is 0 Å². The summed E-state index contributed by atoms with van der Waals surface area (Å²) < 4.78 is 12.8. The molecular formula is C16H23FN2O. The van der Waals surface area contributed by atoms with Gasteiger partial charge < -0.3 is 11.1 Å². The van der Waals surface area contributed by atoms with Crippen LogP contribution in [0.25, 0.3) is 0 Å². The van der Waals surface area contributed by atoms with E-state index in [1.54, 1.807) is 12.1 Å². The SMILES string of the molecule is CC(Cc1ccc(F)cc1)NC(=O)CC1(CN)CCC1. The van der Waals surface area contributed by atoms with E-state index in [9.17, 15) is 9.18 Å². The molecule has 1 aliphatic rings. The zero-order valence-electron chi connectivity index (χ0n) is 12.0. The third-order valence-electron chi connectivity index (χ3n) is 4.25. The van der Waals surface area contributed by atoms with E-state index < -0.39 is 0 Å². The minimum atomic E-state index is -0.236. The Labute approximate surface area is 119 Å². The van der Waals surface area contributed by atoms with Crippen LogP contribution in [0.15, 0.2) is 24.3 Å². The first-order valence-electron chi connectivity index (χ1n) is 7.27. The Morgan fingerprint density at radius 3 is 2.55 bits per heavy atom. The molecule has 0 saturated heterocycles. The number of amides is 1. The molecule has 1 saturated carbocycles. The van der Waals surface area contributed by atoms with Crippen molar-refractivity contribution in [2.75, 3.05) is 6.54 Å². The highest BCUT2D eigenvalue weighted by atomic mass is 19.1. The van der Waals surface area contributed by atoms with E-state index in [0.717, 1.165) is 18.4 Å². The molecule has 0 radical (unpaired) electrons. The predicted octanol–water partition coefficient (Wildman–Crippen LogP) is 2.39. The van der Waals surface area contributed by atoms with Crippen molar-refractivity contribution in [2.24, 2.45) is 11.1 Å². The van der Waals surface area contributed by atoms with Gasteiger partial charge in [0.15, 0.2) is 0 Å². The molecule has 0 aromatic heterocycles. The van der Waals surface area contributed by atoms with Gasteiger partial charge in [-0.1, -0.05) is 18.6 Å². The van der Waals surface area contributed by atoms with Crippen molar-refractivity contribution in [2.45, 2.75) is 45.1 Å². The minimum Gasteiger partial charge on any atom is -0.353 e. The second-order valence-electron chi connectivity index (χ2n) is 6.03. The normalized spacial score (nSPS) is 18.1. The van der Waals surface area contributed by atoms with Crippen molar-refractivity contribution in [3.8, 4) is 0 Å². The Kier molecular flexibility index (Phi) is 4.76. The summed E-state index contributed by atoms with van der Waals surface area (Å²) in [5.41, 5.74) is 6.84. The summed E-state index contributed by atoms with van der Waals surface area (Å²) in [5.74, 6) is -0.162. The molecule has 1 atom stereocenters. The molecule has 0 aliphatic heterocycles. The Balaban J connectivity index is 1.80. The summed E-state index contributed by atoms with van der Waals surface area (Å²) in [5, 5.41) is 3.01. The molecule has 1 amide bonds. The van der Waals surface area contributed by atoms with Crippen LogP contribution in [0.5, 0.6) is 0 Å². The van der Waals surface area contributed by atoms with Gasteiger partial charge in [-0.25, -0.2) is 4.39 Å². The highest BCUT2D eigenvalue weighted by Gasteiger charge is 2.37. The van der Waals surface area contributed by atoms with E-state index in [-0.39, 0.29) is 23.2 Å². The molecule has 0 heterocycles. The number of nitrogens with one attached hydrogen (secondary N) is 1. The van der Waals surface area contributed by atoms with Gasteiger partial charge in [0.2, 0.25) is 5.91 Å². The fourth-order valence-electron chi connectivity index (χ4n) is 2.82. The van der Waals surface area contributed by atoms with Crippen molar-refractivity contribution in [3.63, 3.8) is 0 Å². The third-order valence-corrected chi connectivity index (χ3v) is 4.25. The molecule has 0 bridgehead atoms. The van der Waals surface area contributed by atoms with Crippen LogP contribution >= 0.6 is 0 Å². The minimum absolute atomic E-state index is 0.0413. The Morgan fingerprint density at radius 2 is 2.05 bits per heavy atom. The van der Waals surface area contributed by atoms with Crippen LogP contribution in [-0.4, -0.2) is 18.5 Å². The molecule has 4 heteroatoms. The van der Waals surface area contributed by atoms with Gasteiger partial charge in [0.25, 0.3) is 0 Å². The number of hydrogen-bond acceptors (Lipinski definition) is 2. The number of carbonyl (C=O) groups excluding carboxylic acids is 1. The van der Waals surface area contributed by atoms with Crippen molar-refractivity contribution >= 4 is 5.91 Å². The molecule has 1 unspecified atom stereocenters. The number of benzene rings is 1. The standard InChI is InChI=1S/C16H23FN2O/c1-12(9-13-3-5-14(17)6-4-13)19-15(20)10-16(11-18)7-2-8-16/h3-6,12H,2,7-11,18H2,1H3,(H,19,20). The van der Waals surface area contributed by atoms with Crippen LogP contribution in [-0.2, 0) is 11.2 Å². The van der Waals surface area contributed by atoms with Crippen LogP contribution in [0.1, 0.15) is 38.2 Å². The van der Waals surface area contributed by atoms with Gasteiger partial charge in [0.05, 0.1) is 0 Å². The lowest BCUT2D eigenvalue weighted by atomic mass is 9.66. The van der Waals surface area contributed by atoms with E-state index in [4.69, 9.17) is 5.73 Å². The van der Waals surface area contributed by atoms with Gasteiger partial charge in [-0.15, -0.1) is 0 Å². The quantitative estimate of drug-likeness (QED) is 0.839. The average Bonchev–Trinajstić information content (AvgIpc) is 2.36. The summed E-state index contributed by atoms with van der Waals surface area (Å²) in [6, 6.07) is 6.45. The summed E-state index contributed by atoms with van der Waals surface area (Å²) in [7, 11) is 0.